The third-order valence-electron chi connectivity index (χ3n) is 1.74. The van der Waals surface area contributed by atoms with E-state index in [2.05, 4.69) is 4.98 Å². The highest BCUT2D eigenvalue weighted by Crippen LogP contribution is 2.19. The quantitative estimate of drug-likeness (QED) is 0.650. The standard InChI is InChI=1S/C9H8N2O2/c1-11(6-12)9-10-7-4-2-3-5-8(7)13-9/h2-6H,1H3. The minimum atomic E-state index is 0.316. The lowest BCUT2D eigenvalue weighted by atomic mass is 10.3. The van der Waals surface area contributed by atoms with Gasteiger partial charge < -0.3 is 4.42 Å². The second-order valence-corrected chi connectivity index (χ2v) is 2.68. The van der Waals surface area contributed by atoms with Crippen molar-refractivity contribution in [2.45, 2.75) is 0 Å². The number of carbonyl (C=O) groups excluding carboxylic acids is 1. The van der Waals surface area contributed by atoms with Crippen LogP contribution in [0.3, 0.4) is 0 Å². The maximum Gasteiger partial charge on any atom is 0.304 e. The van der Waals surface area contributed by atoms with Crippen molar-refractivity contribution in [2.75, 3.05) is 11.9 Å². The maximum absolute atomic E-state index is 10.4. The second-order valence-electron chi connectivity index (χ2n) is 2.68. The van der Waals surface area contributed by atoms with Crippen LogP contribution in [-0.2, 0) is 4.79 Å². The molecule has 0 saturated carbocycles. The number of para-hydroxylation sites is 2. The van der Waals surface area contributed by atoms with E-state index in [0.29, 0.717) is 18.0 Å². The highest BCUT2D eigenvalue weighted by molar-refractivity contribution is 5.78. The Bertz CT molecular complexity index is 403. The molecule has 0 radical (unpaired) electrons. The molecule has 0 fully saturated rings. The number of rotatable bonds is 2. The fourth-order valence-electron chi connectivity index (χ4n) is 1.06. The number of hydrogen-bond donors (Lipinski definition) is 0. The zero-order chi connectivity index (χ0) is 9.26. The predicted octanol–water partition coefficient (Wildman–Crippen LogP) is 1.42. The summed E-state index contributed by atoms with van der Waals surface area (Å²) in [4.78, 5) is 15.8. The van der Waals surface area contributed by atoms with E-state index in [0.717, 1.165) is 5.52 Å². The molecule has 0 aliphatic carbocycles. The summed E-state index contributed by atoms with van der Waals surface area (Å²) in [5, 5.41) is 0. The Labute approximate surface area is 74.8 Å². The van der Waals surface area contributed by atoms with Crippen molar-refractivity contribution in [2.24, 2.45) is 0 Å². The first kappa shape index (κ1) is 7.79. The normalized spacial score (nSPS) is 10.2. The first-order valence-corrected chi connectivity index (χ1v) is 3.85. The predicted molar refractivity (Wildman–Crippen MR) is 48.5 cm³/mol. The lowest BCUT2D eigenvalue weighted by molar-refractivity contribution is -0.107. The molecule has 1 aromatic heterocycles. The van der Waals surface area contributed by atoms with Crippen molar-refractivity contribution in [3.8, 4) is 0 Å². The van der Waals surface area contributed by atoms with E-state index in [1.807, 2.05) is 24.3 Å². The molecule has 2 rings (SSSR count). The lowest BCUT2D eigenvalue weighted by Crippen LogP contribution is -2.13. The number of fused-ring (bicyclic) bond motifs is 1. The number of hydrogen-bond acceptors (Lipinski definition) is 3. The Morgan fingerprint density at radius 2 is 2.23 bits per heavy atom. The van der Waals surface area contributed by atoms with Crippen molar-refractivity contribution in [1.29, 1.82) is 0 Å². The SMILES string of the molecule is CN(C=O)c1nc2ccccc2o1. The average molecular weight is 176 g/mol. The molecule has 4 heteroatoms. The van der Waals surface area contributed by atoms with Crippen molar-refractivity contribution < 1.29 is 9.21 Å². The summed E-state index contributed by atoms with van der Waals surface area (Å²) in [6, 6.07) is 7.69. The molecule has 0 spiro atoms. The number of carbonyl (C=O) groups is 1. The number of anilines is 1. The van der Waals surface area contributed by atoms with E-state index in [1.165, 1.54) is 4.90 Å². The number of amides is 1. The van der Waals surface area contributed by atoms with Crippen LogP contribution in [0.4, 0.5) is 6.01 Å². The zero-order valence-corrected chi connectivity index (χ0v) is 7.10. The van der Waals surface area contributed by atoms with E-state index in [-0.39, 0.29) is 0 Å². The first-order valence-electron chi connectivity index (χ1n) is 3.85. The summed E-state index contributed by atoms with van der Waals surface area (Å²) in [6.07, 6.45) is 0.657. The summed E-state index contributed by atoms with van der Waals surface area (Å²) >= 11 is 0. The Balaban J connectivity index is 2.55. The molecule has 0 bridgehead atoms. The molecule has 2 aromatic rings. The molecule has 0 unspecified atom stereocenters. The van der Waals surface area contributed by atoms with Gasteiger partial charge in [0.1, 0.15) is 5.52 Å². The molecule has 66 valence electrons. The minimum absolute atomic E-state index is 0.316. The first-order chi connectivity index (χ1) is 6.31. The molecule has 13 heavy (non-hydrogen) atoms. The van der Waals surface area contributed by atoms with Gasteiger partial charge in [0.05, 0.1) is 0 Å². The van der Waals surface area contributed by atoms with Crippen LogP contribution < -0.4 is 4.90 Å². The molecular weight excluding hydrogens is 168 g/mol. The van der Waals surface area contributed by atoms with Gasteiger partial charge in [0.2, 0.25) is 6.41 Å². The summed E-state index contributed by atoms with van der Waals surface area (Å²) in [5.74, 6) is 0. The van der Waals surface area contributed by atoms with Crippen LogP contribution in [0.5, 0.6) is 0 Å². The number of aromatic nitrogens is 1. The fourth-order valence-corrected chi connectivity index (χ4v) is 1.06. The molecule has 0 saturated heterocycles. The van der Waals surface area contributed by atoms with E-state index in [9.17, 15) is 4.79 Å². The van der Waals surface area contributed by atoms with E-state index >= 15 is 0 Å². The Hall–Kier alpha value is -1.84. The third kappa shape index (κ3) is 1.26. The summed E-state index contributed by atoms with van der Waals surface area (Å²) in [5.41, 5.74) is 1.44. The van der Waals surface area contributed by atoms with Gasteiger partial charge in [-0.2, -0.15) is 4.98 Å². The molecular formula is C9H8N2O2. The summed E-state index contributed by atoms with van der Waals surface area (Å²) in [6.45, 7) is 0. The monoisotopic (exact) mass is 176 g/mol. The Morgan fingerprint density at radius 3 is 2.92 bits per heavy atom. The zero-order valence-electron chi connectivity index (χ0n) is 7.10. The van der Waals surface area contributed by atoms with Crippen LogP contribution in [0.1, 0.15) is 0 Å². The molecule has 0 atom stereocenters. The van der Waals surface area contributed by atoms with Crippen LogP contribution in [0, 0.1) is 0 Å². The molecule has 1 heterocycles. The van der Waals surface area contributed by atoms with Gasteiger partial charge in [0.25, 0.3) is 0 Å². The highest BCUT2D eigenvalue weighted by atomic mass is 16.4. The highest BCUT2D eigenvalue weighted by Gasteiger charge is 2.07. The number of oxazole rings is 1. The van der Waals surface area contributed by atoms with Gasteiger partial charge in [-0.1, -0.05) is 12.1 Å². The van der Waals surface area contributed by atoms with Crippen LogP contribution in [0.15, 0.2) is 28.7 Å². The largest absolute Gasteiger partial charge is 0.423 e. The fraction of sp³-hybridized carbons (Fsp3) is 0.111. The van der Waals surface area contributed by atoms with E-state index < -0.39 is 0 Å². The molecule has 0 aliphatic rings. The van der Waals surface area contributed by atoms with Crippen LogP contribution >= 0.6 is 0 Å². The smallest absolute Gasteiger partial charge is 0.304 e. The van der Waals surface area contributed by atoms with Crippen molar-refractivity contribution in [3.05, 3.63) is 24.3 Å². The van der Waals surface area contributed by atoms with Gasteiger partial charge >= 0.3 is 6.01 Å². The second kappa shape index (κ2) is 2.90. The van der Waals surface area contributed by atoms with E-state index in [1.54, 1.807) is 7.05 Å². The molecule has 0 N–H and O–H groups in total. The number of nitrogens with zero attached hydrogens (tertiary/aromatic N) is 2. The topological polar surface area (TPSA) is 46.3 Å². The van der Waals surface area contributed by atoms with Crippen molar-refractivity contribution >= 4 is 23.5 Å². The van der Waals surface area contributed by atoms with Crippen LogP contribution in [0.2, 0.25) is 0 Å². The minimum Gasteiger partial charge on any atom is -0.423 e. The Morgan fingerprint density at radius 1 is 1.46 bits per heavy atom. The molecule has 1 amide bonds. The lowest BCUT2D eigenvalue weighted by Gasteiger charge is -2.01. The van der Waals surface area contributed by atoms with Crippen LogP contribution in [0.25, 0.3) is 11.1 Å². The van der Waals surface area contributed by atoms with Gasteiger partial charge in [0, 0.05) is 7.05 Å². The Kier molecular flexibility index (Phi) is 1.73. The van der Waals surface area contributed by atoms with Gasteiger partial charge in [-0.3, -0.25) is 9.69 Å². The molecule has 4 nitrogen and oxygen atoms in total. The molecule has 1 aromatic carbocycles. The average Bonchev–Trinajstić information content (AvgIpc) is 2.59. The third-order valence-corrected chi connectivity index (χ3v) is 1.74. The van der Waals surface area contributed by atoms with Crippen molar-refractivity contribution in [3.63, 3.8) is 0 Å². The summed E-state index contributed by atoms with van der Waals surface area (Å²) < 4.78 is 5.30. The van der Waals surface area contributed by atoms with Crippen LogP contribution in [-0.4, -0.2) is 18.4 Å². The summed E-state index contributed by atoms with van der Waals surface area (Å²) in [7, 11) is 1.59. The molecule has 0 aliphatic heterocycles. The maximum atomic E-state index is 10.4. The van der Waals surface area contributed by atoms with Gasteiger partial charge in [-0.05, 0) is 12.1 Å². The van der Waals surface area contributed by atoms with E-state index in [4.69, 9.17) is 4.42 Å². The van der Waals surface area contributed by atoms with Gasteiger partial charge in [-0.25, -0.2) is 0 Å². The van der Waals surface area contributed by atoms with Crippen molar-refractivity contribution in [1.82, 2.24) is 4.98 Å². The van der Waals surface area contributed by atoms with Gasteiger partial charge in [-0.15, -0.1) is 0 Å². The van der Waals surface area contributed by atoms with Gasteiger partial charge in [0.15, 0.2) is 5.58 Å². The number of benzene rings is 1.